The number of primary amides is 1. The van der Waals surface area contributed by atoms with Crippen LogP contribution in [0.5, 0.6) is 0 Å². The highest BCUT2D eigenvalue weighted by Crippen LogP contribution is 2.22. The van der Waals surface area contributed by atoms with Crippen LogP contribution in [0.15, 0.2) is 55.3 Å². The summed E-state index contributed by atoms with van der Waals surface area (Å²) in [5.41, 5.74) is 6.74. The number of aliphatic hydroxyl groups is 1. The van der Waals surface area contributed by atoms with Crippen molar-refractivity contribution in [2.24, 2.45) is 11.7 Å². The first kappa shape index (κ1) is 27.1. The molecule has 35 heavy (non-hydrogen) atoms. The Hall–Kier alpha value is -4.19. The van der Waals surface area contributed by atoms with Crippen LogP contribution in [0.4, 0.5) is 15.3 Å². The van der Waals surface area contributed by atoms with Crippen LogP contribution in [-0.2, 0) is 16.1 Å². The zero-order chi connectivity index (χ0) is 25.8. The number of carbonyl (C=O) groups is 3. The Balaban J connectivity index is 2.26. The van der Waals surface area contributed by atoms with Crippen molar-refractivity contribution >= 4 is 23.7 Å². The van der Waals surface area contributed by atoms with Crippen molar-refractivity contribution in [2.75, 3.05) is 18.5 Å². The minimum atomic E-state index is -0.927. The number of anilines is 1. The molecule has 4 amide bonds. The standard InChI is InChI=1S/C23H31N7O5/c1-4-12-35-23(34)27-20(15(2)3)18-13-30(29-28-18)19(6-5-11-25-22(24)33)21(32)26-17-9-7-16(14-31)8-10-17/h4-10,13,15,19-20,31H,1,11-12,14H2,2-3H3,(H,26,32)(H,27,34)(H3,24,25,33)/b6-5+/t19-,20+/m0/s1. The van der Waals surface area contributed by atoms with Crippen LogP contribution in [0, 0.1) is 5.92 Å². The van der Waals surface area contributed by atoms with Gasteiger partial charge in [-0.15, -0.1) is 5.10 Å². The first-order chi connectivity index (χ1) is 16.7. The van der Waals surface area contributed by atoms with E-state index >= 15 is 0 Å². The van der Waals surface area contributed by atoms with Crippen LogP contribution < -0.4 is 21.7 Å². The molecule has 6 N–H and O–H groups in total. The summed E-state index contributed by atoms with van der Waals surface area (Å²) < 4.78 is 6.34. The van der Waals surface area contributed by atoms with Crippen LogP contribution in [0.1, 0.15) is 37.2 Å². The van der Waals surface area contributed by atoms with E-state index in [1.54, 1.807) is 42.6 Å². The van der Waals surface area contributed by atoms with Crippen LogP contribution in [0.2, 0.25) is 0 Å². The number of nitrogens with one attached hydrogen (secondary N) is 3. The molecule has 0 saturated carbocycles. The molecule has 0 aliphatic rings. The average Bonchev–Trinajstić information content (AvgIpc) is 3.30. The summed E-state index contributed by atoms with van der Waals surface area (Å²) in [6.07, 6.45) is 5.50. The Labute approximate surface area is 203 Å². The second-order valence-electron chi connectivity index (χ2n) is 7.84. The normalized spacial score (nSPS) is 12.7. The second-order valence-corrected chi connectivity index (χ2v) is 7.84. The number of alkyl carbamates (subject to hydrolysis) is 1. The van der Waals surface area contributed by atoms with Gasteiger partial charge in [-0.05, 0) is 23.6 Å². The topological polar surface area (TPSA) is 173 Å². The molecule has 1 heterocycles. The average molecular weight is 486 g/mol. The number of ether oxygens (including phenoxy) is 1. The van der Waals surface area contributed by atoms with Gasteiger partial charge in [0.05, 0.1) is 18.8 Å². The van der Waals surface area contributed by atoms with E-state index in [0.29, 0.717) is 16.9 Å². The minimum Gasteiger partial charge on any atom is -0.445 e. The molecule has 2 atom stereocenters. The van der Waals surface area contributed by atoms with Crippen molar-refractivity contribution in [1.82, 2.24) is 25.6 Å². The smallest absolute Gasteiger partial charge is 0.407 e. The fourth-order valence-corrected chi connectivity index (χ4v) is 3.02. The van der Waals surface area contributed by atoms with Crippen molar-refractivity contribution in [3.8, 4) is 0 Å². The van der Waals surface area contributed by atoms with Gasteiger partial charge in [0.1, 0.15) is 12.3 Å². The molecule has 0 aliphatic carbocycles. The number of aromatic nitrogens is 3. The first-order valence-electron chi connectivity index (χ1n) is 10.9. The molecule has 1 aromatic carbocycles. The fourth-order valence-electron chi connectivity index (χ4n) is 3.02. The molecule has 188 valence electrons. The molecule has 0 spiro atoms. The van der Waals surface area contributed by atoms with E-state index in [0.717, 1.165) is 0 Å². The lowest BCUT2D eigenvalue weighted by Crippen LogP contribution is -2.32. The molecule has 12 heteroatoms. The molecule has 0 radical (unpaired) electrons. The maximum absolute atomic E-state index is 13.1. The van der Waals surface area contributed by atoms with Crippen LogP contribution >= 0.6 is 0 Å². The third-order valence-corrected chi connectivity index (χ3v) is 4.79. The number of rotatable bonds is 12. The van der Waals surface area contributed by atoms with Gasteiger partial charge in [0, 0.05) is 12.2 Å². The van der Waals surface area contributed by atoms with Gasteiger partial charge in [-0.1, -0.05) is 56.0 Å². The maximum Gasteiger partial charge on any atom is 0.407 e. The van der Waals surface area contributed by atoms with E-state index in [-0.39, 0.29) is 25.7 Å². The van der Waals surface area contributed by atoms with Gasteiger partial charge in [-0.2, -0.15) is 0 Å². The van der Waals surface area contributed by atoms with Gasteiger partial charge in [0.15, 0.2) is 6.04 Å². The molecule has 1 aromatic heterocycles. The highest BCUT2D eigenvalue weighted by Gasteiger charge is 2.25. The first-order valence-corrected chi connectivity index (χ1v) is 10.9. The summed E-state index contributed by atoms with van der Waals surface area (Å²) in [5.74, 6) is -0.475. The SMILES string of the molecule is C=CCOC(=O)N[C@@H](c1cn([C@@H](/C=C/CNC(N)=O)C(=O)Nc2ccc(CO)cc2)nn1)C(C)C. The molecular formula is C23H31N7O5. The third-order valence-electron chi connectivity index (χ3n) is 4.79. The van der Waals surface area contributed by atoms with Crippen molar-refractivity contribution < 1.29 is 24.2 Å². The monoisotopic (exact) mass is 485 g/mol. The van der Waals surface area contributed by atoms with Gasteiger partial charge < -0.3 is 31.5 Å². The van der Waals surface area contributed by atoms with Crippen molar-refractivity contribution in [1.29, 1.82) is 0 Å². The lowest BCUT2D eigenvalue weighted by Gasteiger charge is -2.19. The van der Waals surface area contributed by atoms with E-state index in [9.17, 15) is 19.5 Å². The number of nitrogens with zero attached hydrogens (tertiary/aromatic N) is 3. The number of aliphatic hydroxyl groups excluding tert-OH is 1. The van der Waals surface area contributed by atoms with E-state index < -0.39 is 30.1 Å². The summed E-state index contributed by atoms with van der Waals surface area (Å²) in [6.45, 7) is 7.36. The lowest BCUT2D eigenvalue weighted by molar-refractivity contribution is -0.118. The Morgan fingerprint density at radius 1 is 1.26 bits per heavy atom. The van der Waals surface area contributed by atoms with Crippen LogP contribution in [0.3, 0.4) is 0 Å². The summed E-state index contributed by atoms with van der Waals surface area (Å²) in [6, 6.07) is 4.57. The van der Waals surface area contributed by atoms with E-state index in [2.05, 4.69) is 32.8 Å². The van der Waals surface area contributed by atoms with Crippen molar-refractivity contribution in [3.63, 3.8) is 0 Å². The molecule has 0 aliphatic heterocycles. The number of amides is 4. The number of urea groups is 1. The maximum atomic E-state index is 13.1. The lowest BCUT2D eigenvalue weighted by atomic mass is 10.0. The van der Waals surface area contributed by atoms with Gasteiger partial charge in [-0.3, -0.25) is 4.79 Å². The zero-order valence-electron chi connectivity index (χ0n) is 19.7. The zero-order valence-corrected chi connectivity index (χ0v) is 19.7. The third kappa shape index (κ3) is 8.59. The molecular weight excluding hydrogens is 454 g/mol. The van der Waals surface area contributed by atoms with Gasteiger partial charge in [0.25, 0.3) is 5.91 Å². The predicted octanol–water partition coefficient (Wildman–Crippen LogP) is 1.78. The number of hydrogen-bond donors (Lipinski definition) is 5. The number of carbonyl (C=O) groups excluding carboxylic acids is 3. The predicted molar refractivity (Wildman–Crippen MR) is 129 cm³/mol. The molecule has 2 aromatic rings. The van der Waals surface area contributed by atoms with Crippen LogP contribution in [0.25, 0.3) is 0 Å². The van der Waals surface area contributed by atoms with E-state index in [1.807, 2.05) is 13.8 Å². The summed E-state index contributed by atoms with van der Waals surface area (Å²) in [5, 5.41) is 25.4. The highest BCUT2D eigenvalue weighted by molar-refractivity contribution is 5.94. The number of nitrogens with two attached hydrogens (primary N) is 1. The molecule has 2 rings (SSSR count). The highest BCUT2D eigenvalue weighted by atomic mass is 16.5. The van der Waals surface area contributed by atoms with E-state index in [4.69, 9.17) is 10.5 Å². The molecule has 0 unspecified atom stereocenters. The molecule has 0 saturated heterocycles. The molecule has 12 nitrogen and oxygen atoms in total. The Bertz CT molecular complexity index is 1030. The van der Waals surface area contributed by atoms with Crippen molar-refractivity contribution in [3.05, 3.63) is 66.5 Å². The second kappa shape index (κ2) is 13.5. The number of benzene rings is 1. The quantitative estimate of drug-likeness (QED) is 0.285. The number of hydrogen-bond acceptors (Lipinski definition) is 7. The Morgan fingerprint density at radius 3 is 2.57 bits per heavy atom. The molecule has 0 bridgehead atoms. The van der Waals surface area contributed by atoms with Gasteiger partial charge in [-0.25, -0.2) is 14.3 Å². The Morgan fingerprint density at radius 2 is 1.97 bits per heavy atom. The summed E-state index contributed by atoms with van der Waals surface area (Å²) in [4.78, 5) is 36.1. The van der Waals surface area contributed by atoms with Gasteiger partial charge in [0.2, 0.25) is 0 Å². The fraction of sp³-hybridized carbons (Fsp3) is 0.348. The van der Waals surface area contributed by atoms with Crippen LogP contribution in [-0.4, -0.2) is 51.3 Å². The Kier molecular flexibility index (Phi) is 10.4. The van der Waals surface area contributed by atoms with Gasteiger partial charge >= 0.3 is 12.1 Å². The molecule has 0 fully saturated rings. The minimum absolute atomic E-state index is 0.0518. The van der Waals surface area contributed by atoms with Crippen molar-refractivity contribution in [2.45, 2.75) is 32.5 Å². The van der Waals surface area contributed by atoms with E-state index in [1.165, 1.54) is 10.8 Å². The summed E-state index contributed by atoms with van der Waals surface area (Å²) >= 11 is 0. The largest absolute Gasteiger partial charge is 0.445 e. The summed E-state index contributed by atoms with van der Waals surface area (Å²) in [7, 11) is 0.